The third-order valence-electron chi connectivity index (χ3n) is 14.6. The molecule has 0 spiro atoms. The fourth-order valence-corrected chi connectivity index (χ4v) is 9.84. The average Bonchev–Trinajstić information content (AvgIpc) is 1.80. The molecule has 2 aromatic heterocycles. The van der Waals surface area contributed by atoms with Crippen molar-refractivity contribution in [2.75, 3.05) is 13.6 Å². The van der Waals surface area contributed by atoms with Crippen molar-refractivity contribution in [1.82, 2.24) is 63.4 Å². The van der Waals surface area contributed by atoms with Crippen LogP contribution in [0.3, 0.4) is 0 Å². The lowest BCUT2D eigenvalue weighted by atomic mass is 10.0. The monoisotopic (exact) mass is 1240 g/mol. The molecule has 0 bridgehead atoms. The van der Waals surface area contributed by atoms with Gasteiger partial charge in [-0.1, -0.05) is 92.7 Å². The fraction of sp³-hybridized carbons (Fsp3) is 0.371. The quantitative estimate of drug-likeness (QED) is 0.0112. The number of aliphatic imine (C=N–C) groups is 1. The molecule has 0 unspecified atom stereocenters. The maximum Gasteiger partial charge on any atom is 0.334 e. The maximum absolute atomic E-state index is 14.2. The summed E-state index contributed by atoms with van der Waals surface area (Å²) in [6.07, 6.45) is 1.13. The highest BCUT2D eigenvalue weighted by molar-refractivity contribution is 5.99. The van der Waals surface area contributed by atoms with Crippen LogP contribution < -0.4 is 70.6 Å². The normalized spacial score (nSPS) is 14.0. The molecule has 2 heterocycles. The van der Waals surface area contributed by atoms with E-state index in [2.05, 4.69) is 68.3 Å². The van der Waals surface area contributed by atoms with Crippen LogP contribution >= 0.6 is 0 Å². The van der Waals surface area contributed by atoms with Gasteiger partial charge in [-0.2, -0.15) is 0 Å². The van der Waals surface area contributed by atoms with Gasteiger partial charge in [0.2, 0.25) is 47.3 Å². The summed E-state index contributed by atoms with van der Waals surface area (Å²) in [6.45, 7) is 4.96. The van der Waals surface area contributed by atoms with E-state index in [1.165, 1.54) is 19.2 Å². The molecule has 11 amide bonds. The molecule has 0 saturated carbocycles. The van der Waals surface area contributed by atoms with E-state index in [1.54, 1.807) is 74.8 Å². The van der Waals surface area contributed by atoms with Crippen molar-refractivity contribution in [1.29, 1.82) is 0 Å². The van der Waals surface area contributed by atoms with Gasteiger partial charge in [-0.25, -0.2) is 10.2 Å². The van der Waals surface area contributed by atoms with Crippen LogP contribution in [-0.2, 0) is 68.8 Å². The molecule has 4 aromatic carbocycles. The molecule has 6 aromatic rings. The zero-order valence-corrected chi connectivity index (χ0v) is 50.4. The molecule has 90 heavy (non-hydrogen) atoms. The van der Waals surface area contributed by atoms with Gasteiger partial charge >= 0.3 is 6.03 Å². The number of phenolic OH excluding ortho intramolecular Hbond substituents is 1. The number of guanidine groups is 1. The minimum absolute atomic E-state index is 0.0229. The van der Waals surface area contributed by atoms with Gasteiger partial charge in [0.1, 0.15) is 48.0 Å². The van der Waals surface area contributed by atoms with E-state index in [9.17, 15) is 58.2 Å². The van der Waals surface area contributed by atoms with Crippen molar-refractivity contribution in [3.05, 3.63) is 138 Å². The standard InChI is InChI=1S/C62H80N16O12/c1-34(2)27-47(56(85)71-45(19-12-26-67-61(65)66-4)55(84)72-46(54(64)83)29-38-32-68-43-17-10-8-15-41(38)43)75-62(90)78-77-59(88)48(28-37-13-6-5-7-14-37)74-60(89)53(35(3)79)76-58(87)50(31-51(63)81)73-57(86)49(30-39-33-69-44-18-11-9-16-42(39)44)70-52(82)25-22-36-20-23-40(80)24-21-36/h5-11,13-18,20-21,23-24,32-35,45-50,53,68-69,79-80H,12,19,22,25-31H2,1-4H3,(H2,63,81)(H2,64,83)(H,70,82)(H,71,85)(H,72,84)(H,73,86)(H,74,89)(H,76,87)(H,77,88)(H3,65,66,67)(H2,75,78,90)/t35-,45+,46+,47+,48+,49-,50+,53+/m1/s1. The Kier molecular flexibility index (Phi) is 25.6. The van der Waals surface area contributed by atoms with Crippen LogP contribution in [0.2, 0.25) is 0 Å². The predicted molar refractivity (Wildman–Crippen MR) is 335 cm³/mol. The first kappa shape index (κ1) is 68.6. The number of carbonyl (C=O) groups excluding carboxylic acids is 10. The molecule has 28 nitrogen and oxygen atoms in total. The minimum Gasteiger partial charge on any atom is -0.508 e. The van der Waals surface area contributed by atoms with E-state index in [1.807, 2.05) is 42.5 Å². The van der Waals surface area contributed by atoms with Crippen LogP contribution in [0.25, 0.3) is 21.8 Å². The van der Waals surface area contributed by atoms with Gasteiger partial charge in [0.15, 0.2) is 5.96 Å². The SMILES string of the molecule is CN=C(N)NCCC[C@H](NC(=O)[C@H](CC(C)C)NC(=O)NNC(=O)[C@H](Cc1ccccc1)NC(=O)[C@@H](NC(=O)[C@H](CC(N)=O)NC(=O)[C@@H](Cc1c[nH]c2ccccc12)NC(=O)CCc1ccc(O)cc1)[C@@H](C)O)C(=O)N[C@@H](Cc1c[nH]c2ccccc12)C(N)=O. The van der Waals surface area contributed by atoms with Crippen molar-refractivity contribution >= 4 is 87.0 Å². The van der Waals surface area contributed by atoms with Crippen LogP contribution in [0.5, 0.6) is 5.75 Å². The molecule has 480 valence electrons. The number of nitrogens with one attached hydrogen (secondary N) is 12. The highest BCUT2D eigenvalue weighted by atomic mass is 16.3. The van der Waals surface area contributed by atoms with Gasteiger partial charge in [-0.05, 0) is 85.0 Å². The van der Waals surface area contributed by atoms with Crippen molar-refractivity contribution in [3.63, 3.8) is 0 Å². The Morgan fingerprint density at radius 2 is 1.08 bits per heavy atom. The molecule has 0 radical (unpaired) electrons. The molecule has 8 atom stereocenters. The lowest BCUT2D eigenvalue weighted by Crippen LogP contribution is -2.62. The number of hydrazine groups is 1. The summed E-state index contributed by atoms with van der Waals surface area (Å²) < 4.78 is 0. The zero-order valence-electron chi connectivity index (χ0n) is 50.4. The molecule has 0 saturated heterocycles. The number of benzene rings is 4. The Bertz CT molecular complexity index is 3500. The second-order valence-electron chi connectivity index (χ2n) is 22.1. The Morgan fingerprint density at radius 1 is 0.544 bits per heavy atom. The summed E-state index contributed by atoms with van der Waals surface area (Å²) in [7, 11) is 1.48. The number of aromatic hydroxyl groups is 1. The number of primary amides is 2. The first-order valence-corrected chi connectivity index (χ1v) is 29.3. The number of aromatic nitrogens is 2. The minimum atomic E-state index is -1.85. The number of nitrogens with zero attached hydrogens (tertiary/aromatic N) is 1. The van der Waals surface area contributed by atoms with Gasteiger partial charge in [0.25, 0.3) is 5.91 Å². The molecule has 0 aliphatic rings. The third kappa shape index (κ3) is 21.1. The maximum atomic E-state index is 14.2. The predicted octanol–water partition coefficient (Wildman–Crippen LogP) is -0.275. The first-order valence-electron chi connectivity index (χ1n) is 29.3. The van der Waals surface area contributed by atoms with Crippen LogP contribution in [0, 0.1) is 5.92 Å². The van der Waals surface area contributed by atoms with Gasteiger partial charge in [0, 0.05) is 73.5 Å². The summed E-state index contributed by atoms with van der Waals surface area (Å²) in [5.74, 6) is -8.17. The van der Waals surface area contributed by atoms with Crippen LogP contribution in [-0.4, -0.2) is 147 Å². The van der Waals surface area contributed by atoms with Crippen LogP contribution in [0.1, 0.15) is 75.1 Å². The number of rotatable bonds is 32. The molecular weight excluding hydrogens is 1160 g/mol. The summed E-state index contributed by atoms with van der Waals surface area (Å²) in [4.78, 5) is 147. The Hall–Kier alpha value is -10.5. The first-order chi connectivity index (χ1) is 43.0. The lowest BCUT2D eigenvalue weighted by molar-refractivity contribution is -0.137. The van der Waals surface area contributed by atoms with Gasteiger partial charge in [-0.3, -0.25) is 53.6 Å². The van der Waals surface area contributed by atoms with Crippen LogP contribution in [0.15, 0.2) is 121 Å². The zero-order chi connectivity index (χ0) is 65.4. The number of amides is 11. The average molecular weight is 1240 g/mol. The highest BCUT2D eigenvalue weighted by Crippen LogP contribution is 2.22. The molecule has 28 heteroatoms. The Labute approximate surface area is 518 Å². The molecule has 20 N–H and O–H groups in total. The van der Waals surface area contributed by atoms with Gasteiger partial charge in [0.05, 0.1) is 12.5 Å². The van der Waals surface area contributed by atoms with Gasteiger partial charge < -0.3 is 79.9 Å². The number of fused-ring (bicyclic) bond motifs is 2. The second-order valence-corrected chi connectivity index (χ2v) is 22.1. The molecule has 0 aliphatic heterocycles. The summed E-state index contributed by atoms with van der Waals surface area (Å²) in [5.41, 5.74) is 25.7. The molecular formula is C62H80N16O12. The van der Waals surface area contributed by atoms with Crippen molar-refractivity contribution in [2.45, 2.75) is 127 Å². The number of para-hydroxylation sites is 2. The van der Waals surface area contributed by atoms with Gasteiger partial charge in [-0.15, -0.1) is 0 Å². The summed E-state index contributed by atoms with van der Waals surface area (Å²) >= 11 is 0. The molecule has 0 aliphatic carbocycles. The largest absolute Gasteiger partial charge is 0.508 e. The topological polar surface area (TPSA) is 453 Å². The molecule has 6 rings (SSSR count). The van der Waals surface area contributed by atoms with E-state index in [0.29, 0.717) is 16.7 Å². The third-order valence-corrected chi connectivity index (χ3v) is 14.6. The number of carbonyl (C=O) groups is 10. The number of nitrogens with two attached hydrogens (primary N) is 3. The fourth-order valence-electron chi connectivity index (χ4n) is 9.84. The number of aromatic amines is 2. The van der Waals surface area contributed by atoms with E-state index in [0.717, 1.165) is 34.3 Å². The number of phenols is 1. The van der Waals surface area contributed by atoms with E-state index in [-0.39, 0.29) is 75.5 Å². The van der Waals surface area contributed by atoms with Crippen molar-refractivity contribution in [2.24, 2.45) is 28.1 Å². The summed E-state index contributed by atoms with van der Waals surface area (Å²) in [6, 6.07) is 17.8. The van der Waals surface area contributed by atoms with E-state index >= 15 is 0 Å². The number of hydrogen-bond acceptors (Lipinski definition) is 13. The highest BCUT2D eigenvalue weighted by Gasteiger charge is 2.36. The van der Waals surface area contributed by atoms with Crippen molar-refractivity contribution < 1.29 is 58.2 Å². The van der Waals surface area contributed by atoms with Crippen LogP contribution in [0.4, 0.5) is 4.79 Å². The van der Waals surface area contributed by atoms with E-state index < -0.39 is 114 Å². The molecule has 0 fully saturated rings. The number of aliphatic hydroxyl groups is 1. The Balaban J connectivity index is 1.13. The number of aryl methyl sites for hydroxylation is 1. The smallest absolute Gasteiger partial charge is 0.334 e. The van der Waals surface area contributed by atoms with Crippen molar-refractivity contribution in [3.8, 4) is 5.75 Å². The number of aliphatic hydroxyl groups excluding tert-OH is 1. The number of hydrogen-bond donors (Lipinski definition) is 17. The summed E-state index contributed by atoms with van der Waals surface area (Å²) in [5, 5.41) is 43.1. The number of urea groups is 1. The second kappa shape index (κ2) is 33.6. The number of H-pyrrole nitrogens is 2. The van der Waals surface area contributed by atoms with E-state index in [4.69, 9.17) is 17.2 Å². The Morgan fingerprint density at radius 3 is 1.67 bits per heavy atom. The lowest BCUT2D eigenvalue weighted by Gasteiger charge is -2.27.